The number of rotatable bonds is 5. The van der Waals surface area contributed by atoms with Gasteiger partial charge in [0.25, 0.3) is 0 Å². The quantitative estimate of drug-likeness (QED) is 0.164. The lowest BCUT2D eigenvalue weighted by atomic mass is 9.67. The summed E-state index contributed by atoms with van der Waals surface area (Å²) in [6, 6.07) is 86.2. The Labute approximate surface area is 355 Å². The topological polar surface area (TPSA) is 4.93 Å². The molecule has 0 amide bonds. The molecule has 0 N–H and O–H groups in total. The van der Waals surface area contributed by atoms with Crippen LogP contribution in [0.3, 0.4) is 0 Å². The maximum atomic E-state index is 2.51. The van der Waals surface area contributed by atoms with Crippen molar-refractivity contribution in [1.29, 1.82) is 0 Å². The van der Waals surface area contributed by atoms with E-state index >= 15 is 0 Å². The Morgan fingerprint density at radius 3 is 1.77 bits per heavy atom. The van der Waals surface area contributed by atoms with Crippen molar-refractivity contribution >= 4 is 32.6 Å². The van der Waals surface area contributed by atoms with Gasteiger partial charge in [0.05, 0.1) is 16.4 Å². The number of hydrogen-bond acceptors (Lipinski definition) is 0. The summed E-state index contributed by atoms with van der Waals surface area (Å²) in [5.41, 5.74) is 20.0. The zero-order chi connectivity index (χ0) is 40.1. The van der Waals surface area contributed by atoms with Crippen LogP contribution >= 0.6 is 0 Å². The lowest BCUT2D eigenvalue weighted by Gasteiger charge is -2.34. The molecular weight excluding hydrogens is 735 g/mol. The molecule has 1 heteroatoms. The summed E-state index contributed by atoms with van der Waals surface area (Å²) in [6.07, 6.45) is 0. The fourth-order valence-corrected chi connectivity index (χ4v) is 11.2. The van der Waals surface area contributed by atoms with E-state index in [1.165, 1.54) is 105 Å². The molecule has 0 bridgehead atoms. The van der Waals surface area contributed by atoms with Crippen molar-refractivity contribution in [3.8, 4) is 39.1 Å². The molecule has 61 heavy (non-hydrogen) atoms. The highest BCUT2D eigenvalue weighted by molar-refractivity contribution is 6.16. The largest absolute Gasteiger partial charge is 0.309 e. The highest BCUT2D eigenvalue weighted by atomic mass is 15.0. The number of fused-ring (bicyclic) bond motifs is 11. The maximum Gasteiger partial charge on any atom is 0.0720 e. The van der Waals surface area contributed by atoms with Crippen molar-refractivity contribution in [1.82, 2.24) is 4.57 Å². The molecule has 0 spiro atoms. The molecule has 1 aromatic heterocycles. The third-order valence-corrected chi connectivity index (χ3v) is 13.7. The minimum Gasteiger partial charge on any atom is -0.309 e. The molecule has 1 nitrogen and oxygen atoms in total. The predicted molar refractivity (Wildman–Crippen MR) is 254 cm³/mol. The second-order valence-electron chi connectivity index (χ2n) is 16.7. The van der Waals surface area contributed by atoms with Crippen molar-refractivity contribution in [2.75, 3.05) is 0 Å². The summed E-state index contributed by atoms with van der Waals surface area (Å²) in [4.78, 5) is 0. The van der Waals surface area contributed by atoms with E-state index in [4.69, 9.17) is 0 Å². The third-order valence-electron chi connectivity index (χ3n) is 13.7. The van der Waals surface area contributed by atoms with Gasteiger partial charge in [0.2, 0.25) is 0 Å². The molecular formula is C60H39N. The van der Waals surface area contributed by atoms with Gasteiger partial charge in [-0.1, -0.05) is 194 Å². The molecule has 0 fully saturated rings. The van der Waals surface area contributed by atoms with Crippen LogP contribution in [-0.4, -0.2) is 4.57 Å². The van der Waals surface area contributed by atoms with E-state index in [9.17, 15) is 0 Å². The zero-order valence-electron chi connectivity index (χ0n) is 33.5. The minimum atomic E-state index is -0.545. The average Bonchev–Trinajstić information content (AvgIpc) is 3.96. The zero-order valence-corrected chi connectivity index (χ0v) is 33.5. The standard InChI is InChI=1S/C60H39N/c1-4-17-40(18-5-1)57-49-26-13-12-24-47(49)52-37-42(29-32-50(52)57)43-30-34-55-53(38-43)58-56(61(55)46-31-28-39-16-10-11-19-41(39)36-46)35-33-51-48-25-14-15-27-54(48)60(59(51)58,44-20-6-2-7-21-44)45-22-8-3-9-23-45/h1-38,57H. The molecule has 0 radical (unpaired) electrons. The Bertz CT molecular complexity index is 3480. The summed E-state index contributed by atoms with van der Waals surface area (Å²) >= 11 is 0. The van der Waals surface area contributed by atoms with Crippen LogP contribution in [0.15, 0.2) is 231 Å². The summed E-state index contributed by atoms with van der Waals surface area (Å²) in [6.45, 7) is 0. The summed E-state index contributed by atoms with van der Waals surface area (Å²) in [7, 11) is 0. The summed E-state index contributed by atoms with van der Waals surface area (Å²) in [5.74, 6) is 0.220. The molecule has 1 unspecified atom stereocenters. The van der Waals surface area contributed by atoms with Crippen molar-refractivity contribution in [2.24, 2.45) is 0 Å². The normalized spacial score (nSPS) is 14.5. The van der Waals surface area contributed by atoms with Crippen LogP contribution in [0.25, 0.3) is 71.6 Å². The molecule has 11 aromatic rings. The second-order valence-corrected chi connectivity index (χ2v) is 16.7. The van der Waals surface area contributed by atoms with Crippen molar-refractivity contribution in [3.05, 3.63) is 269 Å². The van der Waals surface area contributed by atoms with Gasteiger partial charge in [0.1, 0.15) is 0 Å². The van der Waals surface area contributed by atoms with Gasteiger partial charge in [0.15, 0.2) is 0 Å². The van der Waals surface area contributed by atoms with Gasteiger partial charge >= 0.3 is 0 Å². The first-order valence-electron chi connectivity index (χ1n) is 21.4. The van der Waals surface area contributed by atoms with Gasteiger partial charge in [-0.3, -0.25) is 0 Å². The fraction of sp³-hybridized carbons (Fsp3) is 0.0333. The van der Waals surface area contributed by atoms with Crippen LogP contribution < -0.4 is 0 Å². The highest BCUT2D eigenvalue weighted by Gasteiger charge is 2.47. The van der Waals surface area contributed by atoms with Crippen LogP contribution in [0.5, 0.6) is 0 Å². The van der Waals surface area contributed by atoms with E-state index in [1.807, 2.05) is 0 Å². The van der Waals surface area contributed by atoms with Gasteiger partial charge in [0, 0.05) is 22.4 Å². The summed E-state index contributed by atoms with van der Waals surface area (Å²) in [5, 5.41) is 5.02. The Balaban J connectivity index is 1.13. The number of aromatic nitrogens is 1. The van der Waals surface area contributed by atoms with Gasteiger partial charge in [-0.25, -0.2) is 0 Å². The third kappa shape index (κ3) is 4.83. The predicted octanol–water partition coefficient (Wildman–Crippen LogP) is 15.1. The SMILES string of the molecule is c1ccc(C2c3ccccc3-c3cc(-c4ccc5c(c4)c4c6c(ccc4n5-c4ccc5ccccc5c4)-c4ccccc4C6(c4ccccc4)c4ccccc4)ccc32)cc1. The van der Waals surface area contributed by atoms with E-state index < -0.39 is 5.41 Å². The van der Waals surface area contributed by atoms with E-state index in [0.717, 1.165) is 5.69 Å². The first-order valence-corrected chi connectivity index (χ1v) is 21.4. The maximum absolute atomic E-state index is 2.51. The van der Waals surface area contributed by atoms with Crippen LogP contribution in [0.2, 0.25) is 0 Å². The van der Waals surface area contributed by atoms with E-state index in [-0.39, 0.29) is 5.92 Å². The Morgan fingerprint density at radius 1 is 0.377 bits per heavy atom. The minimum absolute atomic E-state index is 0.220. The Hall–Kier alpha value is -7.74. The first kappa shape index (κ1) is 34.2. The number of benzene rings is 10. The van der Waals surface area contributed by atoms with Crippen LogP contribution in [0, 0.1) is 0 Å². The van der Waals surface area contributed by atoms with Crippen molar-refractivity contribution in [3.63, 3.8) is 0 Å². The van der Waals surface area contributed by atoms with E-state index in [1.54, 1.807) is 0 Å². The number of hydrogen-bond donors (Lipinski definition) is 0. The molecule has 10 aromatic carbocycles. The van der Waals surface area contributed by atoms with Gasteiger partial charge in [-0.2, -0.15) is 0 Å². The molecule has 1 atom stereocenters. The smallest absolute Gasteiger partial charge is 0.0720 e. The van der Waals surface area contributed by atoms with Crippen LogP contribution in [0.4, 0.5) is 0 Å². The first-order chi connectivity index (χ1) is 30.3. The van der Waals surface area contributed by atoms with Gasteiger partial charge in [-0.05, 0) is 119 Å². The molecule has 0 aliphatic heterocycles. The molecule has 2 aliphatic carbocycles. The van der Waals surface area contributed by atoms with Crippen LogP contribution in [-0.2, 0) is 5.41 Å². The van der Waals surface area contributed by atoms with Gasteiger partial charge < -0.3 is 4.57 Å². The monoisotopic (exact) mass is 773 g/mol. The lowest BCUT2D eigenvalue weighted by Crippen LogP contribution is -2.28. The molecule has 0 saturated carbocycles. The molecule has 284 valence electrons. The lowest BCUT2D eigenvalue weighted by molar-refractivity contribution is 0.776. The van der Waals surface area contributed by atoms with Crippen LogP contribution in [0.1, 0.15) is 44.9 Å². The summed E-state index contributed by atoms with van der Waals surface area (Å²) < 4.78 is 2.51. The number of nitrogens with zero attached hydrogens (tertiary/aromatic N) is 1. The molecule has 13 rings (SSSR count). The fourth-order valence-electron chi connectivity index (χ4n) is 11.2. The molecule has 2 aliphatic rings. The van der Waals surface area contributed by atoms with E-state index in [2.05, 4.69) is 235 Å². The molecule has 0 saturated heterocycles. The second kappa shape index (κ2) is 13.1. The Kier molecular flexibility index (Phi) is 7.35. The average molecular weight is 774 g/mol. The van der Waals surface area contributed by atoms with Crippen molar-refractivity contribution < 1.29 is 0 Å². The van der Waals surface area contributed by atoms with E-state index in [0.29, 0.717) is 0 Å². The molecule has 1 heterocycles. The van der Waals surface area contributed by atoms with Crippen molar-refractivity contribution in [2.45, 2.75) is 11.3 Å². The Morgan fingerprint density at radius 2 is 0.984 bits per heavy atom. The highest BCUT2D eigenvalue weighted by Crippen LogP contribution is 2.59. The van der Waals surface area contributed by atoms with Gasteiger partial charge in [-0.15, -0.1) is 0 Å².